The summed E-state index contributed by atoms with van der Waals surface area (Å²) in [7, 11) is -1.01. The minimum atomic E-state index is -0.504. The van der Waals surface area contributed by atoms with Crippen molar-refractivity contribution < 1.29 is 28.1 Å². The molecule has 2 fully saturated rings. The van der Waals surface area contributed by atoms with Crippen molar-refractivity contribution >= 4 is 56.7 Å². The molecule has 0 atom stereocenters. The monoisotopic (exact) mass is 692 g/mol. The van der Waals surface area contributed by atoms with Crippen molar-refractivity contribution in [2.45, 2.75) is 169 Å². The molecule has 2 aliphatic rings. The van der Waals surface area contributed by atoms with E-state index in [1.165, 1.54) is 73.6 Å². The summed E-state index contributed by atoms with van der Waals surface area (Å²) in [5.41, 5.74) is 0.142. The van der Waals surface area contributed by atoms with Crippen LogP contribution in [-0.4, -0.2) is 49.9 Å². The molecular weight excluding hydrogens is 630 g/mol. The van der Waals surface area contributed by atoms with Gasteiger partial charge in [0.25, 0.3) is 0 Å². The van der Waals surface area contributed by atoms with Crippen LogP contribution in [0.5, 0.6) is 11.5 Å². The summed E-state index contributed by atoms with van der Waals surface area (Å²) in [5, 5.41) is 2.31. The third-order valence-electron chi connectivity index (χ3n) is 11.3. The average molecular weight is 693 g/mol. The number of fused-ring (bicyclic) bond motifs is 3. The van der Waals surface area contributed by atoms with Crippen LogP contribution in [0.25, 0.3) is 20.2 Å². The number of hydrogen-bond acceptors (Lipinski definition) is 7. The first-order valence-corrected chi connectivity index (χ1v) is 20.0. The van der Waals surface area contributed by atoms with Crippen molar-refractivity contribution in [3.8, 4) is 11.5 Å². The smallest absolute Gasteiger partial charge is 0.494 e. The second-order valence-electron chi connectivity index (χ2n) is 16.3. The van der Waals surface area contributed by atoms with Gasteiger partial charge in [0, 0.05) is 31.1 Å². The first-order chi connectivity index (χ1) is 23.2. The molecule has 9 heteroatoms. The van der Waals surface area contributed by atoms with Crippen LogP contribution in [-0.2, 0) is 18.6 Å². The lowest BCUT2D eigenvalue weighted by Crippen LogP contribution is -2.41. The van der Waals surface area contributed by atoms with Crippen molar-refractivity contribution in [1.82, 2.24) is 0 Å². The highest BCUT2D eigenvalue weighted by Crippen LogP contribution is 2.42. The Morgan fingerprint density at radius 3 is 1.16 bits per heavy atom. The molecule has 2 aromatic carbocycles. The van der Waals surface area contributed by atoms with Crippen LogP contribution in [0.1, 0.15) is 146 Å². The van der Waals surface area contributed by atoms with E-state index in [9.17, 15) is 0 Å². The van der Waals surface area contributed by atoms with E-state index in [0.717, 1.165) is 46.0 Å². The van der Waals surface area contributed by atoms with Crippen molar-refractivity contribution in [3.63, 3.8) is 0 Å². The molecule has 5 rings (SSSR count). The van der Waals surface area contributed by atoms with Crippen LogP contribution in [0, 0.1) is 0 Å². The van der Waals surface area contributed by atoms with E-state index in [1.54, 1.807) is 11.3 Å². The fourth-order valence-corrected chi connectivity index (χ4v) is 7.71. The Bertz CT molecular complexity index is 1400. The van der Waals surface area contributed by atoms with Gasteiger partial charge in [-0.25, -0.2) is 0 Å². The van der Waals surface area contributed by atoms with Gasteiger partial charge in [0.05, 0.1) is 35.6 Å². The third kappa shape index (κ3) is 8.65. The van der Waals surface area contributed by atoms with Crippen LogP contribution >= 0.6 is 11.3 Å². The molecular formula is C40H62B2O6S. The van der Waals surface area contributed by atoms with Gasteiger partial charge < -0.3 is 28.1 Å². The number of benzene rings is 2. The van der Waals surface area contributed by atoms with Crippen molar-refractivity contribution in [2.24, 2.45) is 0 Å². The third-order valence-corrected chi connectivity index (χ3v) is 12.4. The number of thiophene rings is 1. The lowest BCUT2D eigenvalue weighted by molar-refractivity contribution is 0.00578. The van der Waals surface area contributed by atoms with Crippen molar-refractivity contribution in [1.29, 1.82) is 0 Å². The molecule has 270 valence electrons. The Balaban J connectivity index is 1.50. The van der Waals surface area contributed by atoms with Crippen molar-refractivity contribution in [3.05, 3.63) is 24.3 Å². The summed E-state index contributed by atoms with van der Waals surface area (Å²) in [6, 6.07) is 8.86. The predicted molar refractivity (Wildman–Crippen MR) is 209 cm³/mol. The van der Waals surface area contributed by atoms with E-state index in [-0.39, 0.29) is 0 Å². The summed E-state index contributed by atoms with van der Waals surface area (Å²) in [5.74, 6) is 1.67. The Kier molecular flexibility index (Phi) is 12.4. The van der Waals surface area contributed by atoms with Gasteiger partial charge in [-0.05, 0) is 92.5 Å². The molecule has 0 amide bonds. The van der Waals surface area contributed by atoms with Gasteiger partial charge in [-0.3, -0.25) is 0 Å². The van der Waals surface area contributed by atoms with Gasteiger partial charge in [-0.2, -0.15) is 0 Å². The molecule has 49 heavy (non-hydrogen) atoms. The molecule has 0 N–H and O–H groups in total. The van der Waals surface area contributed by atoms with E-state index in [2.05, 4.69) is 93.5 Å². The lowest BCUT2D eigenvalue weighted by atomic mass is 9.77. The van der Waals surface area contributed by atoms with Gasteiger partial charge in [0.1, 0.15) is 11.5 Å². The lowest BCUT2D eigenvalue weighted by Gasteiger charge is -2.32. The Morgan fingerprint density at radius 2 is 0.816 bits per heavy atom. The van der Waals surface area contributed by atoms with E-state index in [4.69, 9.17) is 28.1 Å². The quantitative estimate of drug-likeness (QED) is 0.0978. The Labute approximate surface area is 301 Å². The number of rotatable bonds is 18. The van der Waals surface area contributed by atoms with Crippen LogP contribution in [0.2, 0.25) is 0 Å². The second-order valence-corrected chi connectivity index (χ2v) is 17.4. The fraction of sp³-hybridized carbons (Fsp3) is 0.700. The molecule has 0 bridgehead atoms. The Hall–Kier alpha value is -1.77. The SMILES string of the molecule is CCCCCCCCOc1cc2c(cc1B1OC(C)(C)C(C)(C)O1)sc1cc(B3OC(C)(C)C(C)(C)O3)c(OCCCCCCCC)cc12. The van der Waals surface area contributed by atoms with E-state index < -0.39 is 36.6 Å². The first kappa shape index (κ1) is 38.5. The highest BCUT2D eigenvalue weighted by atomic mass is 32.1. The molecule has 0 saturated carbocycles. The zero-order valence-electron chi connectivity index (χ0n) is 32.2. The highest BCUT2D eigenvalue weighted by Gasteiger charge is 2.54. The number of ether oxygens (including phenoxy) is 2. The maximum absolute atomic E-state index is 6.59. The zero-order chi connectivity index (χ0) is 35.5. The van der Waals surface area contributed by atoms with E-state index in [1.807, 2.05) is 0 Å². The normalized spacial score (nSPS) is 19.4. The van der Waals surface area contributed by atoms with Crippen LogP contribution in [0.4, 0.5) is 0 Å². The second kappa shape index (κ2) is 15.9. The molecule has 6 nitrogen and oxygen atoms in total. The minimum absolute atomic E-state index is 0.441. The minimum Gasteiger partial charge on any atom is -0.494 e. The first-order valence-electron chi connectivity index (χ1n) is 19.2. The molecule has 0 radical (unpaired) electrons. The Morgan fingerprint density at radius 1 is 0.490 bits per heavy atom. The van der Waals surface area contributed by atoms with Gasteiger partial charge in [0.2, 0.25) is 0 Å². The van der Waals surface area contributed by atoms with Gasteiger partial charge >= 0.3 is 14.2 Å². The molecule has 3 aromatic rings. The molecule has 2 aliphatic heterocycles. The summed E-state index contributed by atoms with van der Waals surface area (Å²) >= 11 is 1.77. The summed E-state index contributed by atoms with van der Waals surface area (Å²) in [6.07, 6.45) is 14.6. The summed E-state index contributed by atoms with van der Waals surface area (Å²) in [4.78, 5) is 0. The number of hydrogen-bond donors (Lipinski definition) is 0. The van der Waals surface area contributed by atoms with Crippen LogP contribution in [0.15, 0.2) is 24.3 Å². The largest absolute Gasteiger partial charge is 0.498 e. The number of unbranched alkanes of at least 4 members (excludes halogenated alkanes) is 10. The molecule has 0 spiro atoms. The summed E-state index contributed by atoms with van der Waals surface area (Å²) in [6.45, 7) is 22.7. The average Bonchev–Trinajstić information content (AvgIpc) is 3.57. The van der Waals surface area contributed by atoms with Crippen LogP contribution < -0.4 is 20.4 Å². The van der Waals surface area contributed by atoms with Crippen LogP contribution in [0.3, 0.4) is 0 Å². The molecule has 0 aliphatic carbocycles. The molecule has 1 aromatic heterocycles. The van der Waals surface area contributed by atoms with Crippen molar-refractivity contribution in [2.75, 3.05) is 13.2 Å². The maximum atomic E-state index is 6.59. The van der Waals surface area contributed by atoms with Gasteiger partial charge in [-0.15, -0.1) is 11.3 Å². The van der Waals surface area contributed by atoms with E-state index >= 15 is 0 Å². The molecule has 2 saturated heterocycles. The van der Waals surface area contributed by atoms with Gasteiger partial charge in [-0.1, -0.05) is 78.1 Å². The zero-order valence-corrected chi connectivity index (χ0v) is 33.0. The predicted octanol–water partition coefficient (Wildman–Crippen LogP) is 10.1. The fourth-order valence-electron chi connectivity index (χ4n) is 6.55. The maximum Gasteiger partial charge on any atom is 0.498 e. The highest BCUT2D eigenvalue weighted by molar-refractivity contribution is 7.26. The van der Waals surface area contributed by atoms with E-state index in [0.29, 0.717) is 13.2 Å². The molecule has 0 unspecified atom stereocenters. The topological polar surface area (TPSA) is 55.4 Å². The van der Waals surface area contributed by atoms with Gasteiger partial charge in [0.15, 0.2) is 0 Å². The summed E-state index contributed by atoms with van der Waals surface area (Å²) < 4.78 is 41.8. The molecule has 3 heterocycles. The standard InChI is InChI=1S/C40H62B2O6S/c1-11-13-15-17-19-21-23-43-33-25-29-30-26-34(44-24-22-20-18-16-14-12-2)32(42-47-39(7,8)40(9,10)48-42)28-36(30)49-35(29)27-31(33)41-45-37(3,4)38(5,6)46-41/h25-28H,11-24H2,1-10H3.